The van der Waals surface area contributed by atoms with E-state index in [1.54, 1.807) is 18.4 Å². The molecule has 0 aliphatic heterocycles. The van der Waals surface area contributed by atoms with E-state index in [4.69, 9.17) is 4.42 Å². The third kappa shape index (κ3) is 2.79. The van der Waals surface area contributed by atoms with Crippen LogP contribution in [0, 0.1) is 5.82 Å². The van der Waals surface area contributed by atoms with Crippen molar-refractivity contribution in [2.75, 3.05) is 0 Å². The zero-order valence-electron chi connectivity index (χ0n) is 9.61. The highest BCUT2D eigenvalue weighted by Gasteiger charge is 2.14. The fraction of sp³-hybridized carbons (Fsp3) is 0.154. The third-order valence-electron chi connectivity index (χ3n) is 2.50. The second-order valence-corrected chi connectivity index (χ2v) is 4.69. The van der Waals surface area contributed by atoms with Crippen molar-refractivity contribution in [2.45, 2.75) is 13.0 Å². The number of amides is 1. The van der Waals surface area contributed by atoms with Crippen molar-refractivity contribution >= 4 is 21.8 Å². The molecule has 0 saturated heterocycles. The number of halogens is 2. The summed E-state index contributed by atoms with van der Waals surface area (Å²) >= 11 is 3.05. The Labute approximate surface area is 112 Å². The Kier molecular flexibility index (Phi) is 3.81. The Hall–Kier alpha value is -1.62. The fourth-order valence-electron chi connectivity index (χ4n) is 1.53. The zero-order chi connectivity index (χ0) is 13.1. The average molecular weight is 312 g/mol. The summed E-state index contributed by atoms with van der Waals surface area (Å²) in [6.07, 6.45) is 1.55. The number of furan rings is 1. The van der Waals surface area contributed by atoms with Crippen LogP contribution in [0.3, 0.4) is 0 Å². The van der Waals surface area contributed by atoms with E-state index >= 15 is 0 Å². The number of carbonyl (C=O) groups is 1. The number of hydrogen-bond acceptors (Lipinski definition) is 2. The monoisotopic (exact) mass is 311 g/mol. The lowest BCUT2D eigenvalue weighted by Gasteiger charge is -2.11. The molecule has 1 N–H and O–H groups in total. The molecule has 1 unspecified atom stereocenters. The molecule has 0 radical (unpaired) electrons. The molecule has 1 atom stereocenters. The molecule has 0 fully saturated rings. The van der Waals surface area contributed by atoms with Gasteiger partial charge in [-0.15, -0.1) is 0 Å². The largest absolute Gasteiger partial charge is 0.467 e. The highest BCUT2D eigenvalue weighted by Crippen LogP contribution is 2.18. The van der Waals surface area contributed by atoms with Gasteiger partial charge in [0.2, 0.25) is 0 Å². The molecule has 0 aliphatic rings. The molecule has 3 nitrogen and oxygen atoms in total. The summed E-state index contributed by atoms with van der Waals surface area (Å²) in [5, 5.41) is 2.77. The molecular formula is C13H11BrFNO2. The number of hydrogen-bond donors (Lipinski definition) is 1. The van der Waals surface area contributed by atoms with Crippen molar-refractivity contribution in [2.24, 2.45) is 0 Å². The van der Waals surface area contributed by atoms with Crippen LogP contribution >= 0.6 is 15.9 Å². The highest BCUT2D eigenvalue weighted by atomic mass is 79.9. The summed E-state index contributed by atoms with van der Waals surface area (Å²) in [6.45, 7) is 1.81. The van der Waals surface area contributed by atoms with Gasteiger partial charge in [-0.1, -0.05) is 0 Å². The number of rotatable bonds is 3. The summed E-state index contributed by atoms with van der Waals surface area (Å²) in [7, 11) is 0. The Balaban J connectivity index is 2.10. The minimum Gasteiger partial charge on any atom is -0.467 e. The van der Waals surface area contributed by atoms with Gasteiger partial charge in [0, 0.05) is 5.56 Å². The van der Waals surface area contributed by atoms with Crippen molar-refractivity contribution in [3.8, 4) is 0 Å². The van der Waals surface area contributed by atoms with Gasteiger partial charge in [0.25, 0.3) is 5.91 Å². The normalized spacial score (nSPS) is 12.2. The predicted octanol–water partition coefficient (Wildman–Crippen LogP) is 3.67. The Morgan fingerprint density at radius 2 is 2.22 bits per heavy atom. The molecule has 0 spiro atoms. The molecule has 18 heavy (non-hydrogen) atoms. The summed E-state index contributed by atoms with van der Waals surface area (Å²) in [6, 6.07) is 7.43. The van der Waals surface area contributed by atoms with Crippen molar-refractivity contribution < 1.29 is 13.6 Å². The average Bonchev–Trinajstić information content (AvgIpc) is 2.86. The molecule has 0 saturated carbocycles. The van der Waals surface area contributed by atoms with Crippen molar-refractivity contribution in [3.63, 3.8) is 0 Å². The second-order valence-electron chi connectivity index (χ2n) is 3.84. The first-order valence-electron chi connectivity index (χ1n) is 5.37. The van der Waals surface area contributed by atoms with Crippen LogP contribution in [0.1, 0.15) is 29.1 Å². The Morgan fingerprint density at radius 1 is 1.44 bits per heavy atom. The van der Waals surface area contributed by atoms with Gasteiger partial charge in [0.15, 0.2) is 0 Å². The minimum absolute atomic E-state index is 0.240. The van der Waals surface area contributed by atoms with Gasteiger partial charge in [0.05, 0.1) is 16.8 Å². The first-order chi connectivity index (χ1) is 8.58. The summed E-state index contributed by atoms with van der Waals surface area (Å²) in [5.74, 6) is -0.00485. The smallest absolute Gasteiger partial charge is 0.251 e. The van der Waals surface area contributed by atoms with Crippen LogP contribution in [0.2, 0.25) is 0 Å². The molecule has 5 heteroatoms. The predicted molar refractivity (Wildman–Crippen MR) is 68.7 cm³/mol. The van der Waals surface area contributed by atoms with E-state index in [2.05, 4.69) is 21.2 Å². The molecule has 1 amide bonds. The minimum atomic E-state index is -0.398. The van der Waals surface area contributed by atoms with E-state index in [1.165, 1.54) is 18.2 Å². The molecule has 94 valence electrons. The first-order valence-corrected chi connectivity index (χ1v) is 6.16. The van der Waals surface area contributed by atoms with Crippen LogP contribution in [-0.4, -0.2) is 5.91 Å². The summed E-state index contributed by atoms with van der Waals surface area (Å²) < 4.78 is 18.5. The SMILES string of the molecule is CC(NC(=O)c1ccc(F)c(Br)c1)c1ccco1. The fourth-order valence-corrected chi connectivity index (χ4v) is 1.90. The van der Waals surface area contributed by atoms with Crippen LogP contribution in [0.4, 0.5) is 4.39 Å². The van der Waals surface area contributed by atoms with Crippen molar-refractivity contribution in [1.29, 1.82) is 0 Å². The number of benzene rings is 1. The van der Waals surface area contributed by atoms with E-state index < -0.39 is 5.82 Å². The topological polar surface area (TPSA) is 42.2 Å². The molecule has 2 aromatic rings. The third-order valence-corrected chi connectivity index (χ3v) is 3.11. The zero-order valence-corrected chi connectivity index (χ0v) is 11.2. The lowest BCUT2D eigenvalue weighted by molar-refractivity contribution is 0.0935. The summed E-state index contributed by atoms with van der Waals surface area (Å²) in [5.41, 5.74) is 0.390. The quantitative estimate of drug-likeness (QED) is 0.939. The van der Waals surface area contributed by atoms with Crippen molar-refractivity contribution in [3.05, 3.63) is 58.2 Å². The van der Waals surface area contributed by atoms with Crippen molar-refractivity contribution in [1.82, 2.24) is 5.32 Å². The molecule has 0 bridgehead atoms. The van der Waals surface area contributed by atoms with Crippen LogP contribution in [0.5, 0.6) is 0 Å². The van der Waals surface area contributed by atoms with Gasteiger partial charge in [-0.25, -0.2) is 4.39 Å². The molecule has 1 aromatic carbocycles. The van der Waals surface area contributed by atoms with Crippen LogP contribution in [0.15, 0.2) is 45.5 Å². The molecule has 0 aliphatic carbocycles. The lowest BCUT2D eigenvalue weighted by atomic mass is 10.2. The Bertz CT molecular complexity index is 554. The van der Waals surface area contributed by atoms with Crippen LogP contribution < -0.4 is 5.32 Å². The maximum Gasteiger partial charge on any atom is 0.251 e. The van der Waals surface area contributed by atoms with E-state index in [-0.39, 0.29) is 16.4 Å². The second kappa shape index (κ2) is 5.35. The molecule has 2 rings (SSSR count). The highest BCUT2D eigenvalue weighted by molar-refractivity contribution is 9.10. The number of carbonyl (C=O) groups excluding carboxylic acids is 1. The van der Waals surface area contributed by atoms with Gasteiger partial charge in [-0.2, -0.15) is 0 Å². The maximum atomic E-state index is 13.1. The summed E-state index contributed by atoms with van der Waals surface area (Å²) in [4.78, 5) is 11.9. The molecule has 1 heterocycles. The van der Waals surface area contributed by atoms with E-state index in [9.17, 15) is 9.18 Å². The van der Waals surface area contributed by atoms with Gasteiger partial charge in [-0.05, 0) is 53.2 Å². The van der Waals surface area contributed by atoms with Gasteiger partial charge >= 0.3 is 0 Å². The van der Waals surface area contributed by atoms with Crippen LogP contribution in [0.25, 0.3) is 0 Å². The Morgan fingerprint density at radius 3 is 2.83 bits per heavy atom. The van der Waals surface area contributed by atoms with E-state index in [0.717, 1.165) is 0 Å². The first kappa shape index (κ1) is 12.8. The lowest BCUT2D eigenvalue weighted by Crippen LogP contribution is -2.26. The number of nitrogens with one attached hydrogen (secondary N) is 1. The maximum absolute atomic E-state index is 13.1. The standard InChI is InChI=1S/C13H11BrFNO2/c1-8(12-3-2-6-18-12)16-13(17)9-4-5-11(15)10(14)7-9/h2-8H,1H3,(H,16,17). The van der Waals surface area contributed by atoms with E-state index in [1.807, 2.05) is 6.92 Å². The van der Waals surface area contributed by atoms with Gasteiger partial charge in [0.1, 0.15) is 11.6 Å². The van der Waals surface area contributed by atoms with Gasteiger partial charge in [-0.3, -0.25) is 4.79 Å². The molecular weight excluding hydrogens is 301 g/mol. The molecule has 1 aromatic heterocycles. The van der Waals surface area contributed by atoms with Crippen LogP contribution in [-0.2, 0) is 0 Å². The van der Waals surface area contributed by atoms with Gasteiger partial charge < -0.3 is 9.73 Å². The van der Waals surface area contributed by atoms with E-state index in [0.29, 0.717) is 11.3 Å².